The molecule has 7 nitrogen and oxygen atoms in total. The third kappa shape index (κ3) is 8.88. The molecule has 4 N–H and O–H groups in total. The average Bonchev–Trinajstić information content (AvgIpc) is 2.55. The Hall–Kier alpha value is -2.12. The second-order valence-corrected chi connectivity index (χ2v) is 7.90. The normalized spacial score (nSPS) is 12.2. The van der Waals surface area contributed by atoms with Crippen LogP contribution in [0.25, 0.3) is 0 Å². The quantitative estimate of drug-likeness (QED) is 0.515. The van der Waals surface area contributed by atoms with Gasteiger partial charge < -0.3 is 20.9 Å². The molecular formula is C19H30ClN4O3+. The Morgan fingerprint density at radius 1 is 1.07 bits per heavy atom. The van der Waals surface area contributed by atoms with E-state index in [4.69, 9.17) is 11.6 Å². The molecular weight excluding hydrogens is 368 g/mol. The van der Waals surface area contributed by atoms with Gasteiger partial charge in [-0.2, -0.15) is 0 Å². The van der Waals surface area contributed by atoms with E-state index in [1.54, 1.807) is 18.2 Å². The summed E-state index contributed by atoms with van der Waals surface area (Å²) >= 11 is 6.02. The summed E-state index contributed by atoms with van der Waals surface area (Å²) in [5.41, 5.74) is 1.07. The number of amides is 3. The minimum absolute atomic E-state index is 0.110. The van der Waals surface area contributed by atoms with E-state index in [1.165, 1.54) is 0 Å². The minimum Gasteiger partial charge on any atom is -0.347 e. The Labute approximate surface area is 165 Å². The second-order valence-electron chi connectivity index (χ2n) is 7.49. The van der Waals surface area contributed by atoms with E-state index in [-0.39, 0.29) is 42.9 Å². The topological polar surface area (TPSA) is 91.7 Å². The summed E-state index contributed by atoms with van der Waals surface area (Å²) in [5.74, 6) is -0.730. The van der Waals surface area contributed by atoms with Crippen molar-refractivity contribution < 1.29 is 19.3 Å². The molecule has 1 unspecified atom stereocenters. The van der Waals surface area contributed by atoms with Gasteiger partial charge in [0.1, 0.15) is 0 Å². The van der Waals surface area contributed by atoms with Gasteiger partial charge in [-0.1, -0.05) is 17.7 Å². The highest BCUT2D eigenvalue weighted by Gasteiger charge is 2.20. The van der Waals surface area contributed by atoms with Crippen molar-refractivity contribution in [2.24, 2.45) is 0 Å². The fourth-order valence-corrected chi connectivity index (χ4v) is 2.58. The molecule has 0 bridgehead atoms. The number of rotatable bonds is 8. The summed E-state index contributed by atoms with van der Waals surface area (Å²) in [5, 5.41) is 8.75. The summed E-state index contributed by atoms with van der Waals surface area (Å²) in [6.07, 6.45) is 0. The van der Waals surface area contributed by atoms with Gasteiger partial charge in [0, 0.05) is 16.2 Å². The molecule has 1 atom stereocenters. The minimum atomic E-state index is -0.336. The molecule has 0 aromatic heterocycles. The number of likely N-dealkylation sites (N-methyl/N-ethyl adjacent to an activating group) is 1. The fourth-order valence-electron chi connectivity index (χ4n) is 2.41. The molecule has 0 aliphatic carbocycles. The fraction of sp³-hybridized carbons (Fsp3) is 0.526. The number of halogens is 1. The van der Waals surface area contributed by atoms with Crippen LogP contribution < -0.4 is 20.9 Å². The standard InChI is InChI=1S/C19H29ClN4O3/c1-6-24(12-18(27)23-19(3,4)5)11-17(26)21-10-16(25)22-15-9-7-8-14(20)13(15)2/h7-9H,6,10-12H2,1-5H3,(H,21,26)(H,22,25)(H,23,27)/p+1. The first-order chi connectivity index (χ1) is 12.5. The van der Waals surface area contributed by atoms with Crippen LogP contribution in [0.15, 0.2) is 18.2 Å². The van der Waals surface area contributed by atoms with Gasteiger partial charge in [-0.15, -0.1) is 0 Å². The molecule has 0 saturated carbocycles. The maximum absolute atomic E-state index is 12.1. The Morgan fingerprint density at radius 3 is 2.30 bits per heavy atom. The molecule has 3 amide bonds. The van der Waals surface area contributed by atoms with Crippen LogP contribution in [0, 0.1) is 6.92 Å². The molecule has 0 aliphatic rings. The number of nitrogens with one attached hydrogen (secondary N) is 4. The number of quaternary nitrogens is 1. The lowest BCUT2D eigenvalue weighted by Crippen LogP contribution is -3.14. The maximum Gasteiger partial charge on any atom is 0.275 e. The van der Waals surface area contributed by atoms with Crippen LogP contribution in [0.2, 0.25) is 5.02 Å². The lowest BCUT2D eigenvalue weighted by molar-refractivity contribution is -0.881. The zero-order chi connectivity index (χ0) is 20.6. The van der Waals surface area contributed by atoms with Crippen LogP contribution >= 0.6 is 11.6 Å². The van der Waals surface area contributed by atoms with E-state index in [9.17, 15) is 14.4 Å². The van der Waals surface area contributed by atoms with Gasteiger partial charge in [0.15, 0.2) is 13.1 Å². The lowest BCUT2D eigenvalue weighted by atomic mass is 10.1. The molecule has 0 saturated heterocycles. The third-order valence-electron chi connectivity index (χ3n) is 3.82. The van der Waals surface area contributed by atoms with Crippen molar-refractivity contribution in [3.05, 3.63) is 28.8 Å². The maximum atomic E-state index is 12.1. The molecule has 0 heterocycles. The second kappa shape index (κ2) is 10.3. The first kappa shape index (κ1) is 22.9. The highest BCUT2D eigenvalue weighted by molar-refractivity contribution is 6.31. The van der Waals surface area contributed by atoms with Crippen molar-refractivity contribution in [2.75, 3.05) is 31.5 Å². The summed E-state index contributed by atoms with van der Waals surface area (Å²) < 4.78 is 0. The summed E-state index contributed by atoms with van der Waals surface area (Å²) in [4.78, 5) is 36.9. The number of benzene rings is 1. The number of hydrogen-bond acceptors (Lipinski definition) is 3. The summed E-state index contributed by atoms with van der Waals surface area (Å²) in [7, 11) is 0. The number of anilines is 1. The van der Waals surface area contributed by atoms with E-state index in [0.717, 1.165) is 10.5 Å². The van der Waals surface area contributed by atoms with Crippen molar-refractivity contribution in [1.29, 1.82) is 0 Å². The van der Waals surface area contributed by atoms with Gasteiger partial charge in [-0.3, -0.25) is 14.4 Å². The molecule has 27 heavy (non-hydrogen) atoms. The smallest absolute Gasteiger partial charge is 0.275 e. The number of carbonyl (C=O) groups is 3. The van der Waals surface area contributed by atoms with E-state index in [0.29, 0.717) is 17.3 Å². The Balaban J connectivity index is 2.45. The van der Waals surface area contributed by atoms with Crippen LogP contribution in [-0.4, -0.2) is 49.4 Å². The van der Waals surface area contributed by atoms with Crippen LogP contribution in [0.4, 0.5) is 5.69 Å². The van der Waals surface area contributed by atoms with Crippen molar-refractivity contribution in [3.63, 3.8) is 0 Å². The Kier molecular flexibility index (Phi) is 8.72. The summed E-state index contributed by atoms with van der Waals surface area (Å²) in [6, 6.07) is 5.23. The van der Waals surface area contributed by atoms with Crippen molar-refractivity contribution in [1.82, 2.24) is 10.6 Å². The molecule has 0 fully saturated rings. The van der Waals surface area contributed by atoms with Crippen LogP contribution in [-0.2, 0) is 14.4 Å². The highest BCUT2D eigenvalue weighted by Crippen LogP contribution is 2.22. The first-order valence-electron chi connectivity index (χ1n) is 8.98. The lowest BCUT2D eigenvalue weighted by Gasteiger charge is -2.23. The zero-order valence-corrected chi connectivity index (χ0v) is 17.4. The van der Waals surface area contributed by atoms with E-state index < -0.39 is 0 Å². The predicted molar refractivity (Wildman–Crippen MR) is 107 cm³/mol. The molecule has 1 rings (SSSR count). The van der Waals surface area contributed by atoms with Gasteiger partial charge in [-0.25, -0.2) is 0 Å². The molecule has 8 heteroatoms. The van der Waals surface area contributed by atoms with E-state index in [1.807, 2.05) is 34.6 Å². The molecule has 1 aromatic rings. The molecule has 150 valence electrons. The molecule has 0 aliphatic heterocycles. The van der Waals surface area contributed by atoms with E-state index in [2.05, 4.69) is 16.0 Å². The van der Waals surface area contributed by atoms with Gasteiger partial charge in [0.25, 0.3) is 11.8 Å². The largest absolute Gasteiger partial charge is 0.347 e. The molecule has 0 radical (unpaired) electrons. The van der Waals surface area contributed by atoms with Gasteiger partial charge >= 0.3 is 0 Å². The van der Waals surface area contributed by atoms with Crippen molar-refractivity contribution >= 4 is 35.0 Å². The molecule has 0 spiro atoms. The van der Waals surface area contributed by atoms with Crippen molar-refractivity contribution in [2.45, 2.75) is 40.2 Å². The zero-order valence-electron chi connectivity index (χ0n) is 16.7. The SMILES string of the molecule is CC[NH+](CC(=O)NCC(=O)Nc1cccc(Cl)c1C)CC(=O)NC(C)(C)C. The highest BCUT2D eigenvalue weighted by atomic mass is 35.5. The van der Waals surface area contributed by atoms with Gasteiger partial charge in [-0.05, 0) is 52.3 Å². The average molecular weight is 398 g/mol. The van der Waals surface area contributed by atoms with E-state index >= 15 is 0 Å². The van der Waals surface area contributed by atoms with Crippen LogP contribution in [0.3, 0.4) is 0 Å². The van der Waals surface area contributed by atoms with Gasteiger partial charge in [0.2, 0.25) is 5.91 Å². The molecule has 1 aromatic carbocycles. The first-order valence-corrected chi connectivity index (χ1v) is 9.36. The number of hydrogen-bond donors (Lipinski definition) is 4. The number of carbonyl (C=O) groups excluding carboxylic acids is 3. The Morgan fingerprint density at radius 2 is 1.70 bits per heavy atom. The van der Waals surface area contributed by atoms with Crippen LogP contribution in [0.1, 0.15) is 33.3 Å². The van der Waals surface area contributed by atoms with Gasteiger partial charge in [0.05, 0.1) is 13.1 Å². The van der Waals surface area contributed by atoms with Crippen molar-refractivity contribution in [3.8, 4) is 0 Å². The monoisotopic (exact) mass is 397 g/mol. The third-order valence-corrected chi connectivity index (χ3v) is 4.23. The Bertz CT molecular complexity index is 686. The summed E-state index contributed by atoms with van der Waals surface area (Å²) in [6.45, 7) is 10.2. The predicted octanol–water partition coefficient (Wildman–Crippen LogP) is 0.523. The van der Waals surface area contributed by atoms with Crippen LogP contribution in [0.5, 0.6) is 0 Å².